The summed E-state index contributed by atoms with van der Waals surface area (Å²) in [6, 6.07) is 5.56. The number of benzene rings is 1. The van der Waals surface area contributed by atoms with Crippen LogP contribution in [0.4, 0.5) is 0 Å². The summed E-state index contributed by atoms with van der Waals surface area (Å²) in [4.78, 5) is 0. The van der Waals surface area contributed by atoms with E-state index in [1.807, 2.05) is 18.2 Å². The number of aliphatic hydroxyl groups is 2. The molecule has 4 heteroatoms. The van der Waals surface area contributed by atoms with E-state index in [4.69, 9.17) is 14.6 Å². The predicted molar refractivity (Wildman–Crippen MR) is 78.2 cm³/mol. The van der Waals surface area contributed by atoms with Crippen LogP contribution in [0.2, 0.25) is 0 Å². The molecule has 20 heavy (non-hydrogen) atoms. The fourth-order valence-electron chi connectivity index (χ4n) is 2.28. The second kappa shape index (κ2) is 6.70. The largest absolute Gasteiger partial charge is 0.465 e. The molecule has 1 aromatic rings. The average molecular weight is 276 g/mol. The van der Waals surface area contributed by atoms with Gasteiger partial charge in [0.25, 0.3) is 0 Å². The molecule has 1 saturated heterocycles. The first-order chi connectivity index (χ1) is 9.66. The zero-order valence-corrected chi connectivity index (χ0v) is 11.4. The topological polar surface area (TPSA) is 58.9 Å². The molecule has 2 rings (SSSR count). The molecule has 1 heterocycles. The van der Waals surface area contributed by atoms with E-state index < -0.39 is 12.4 Å². The van der Waals surface area contributed by atoms with Gasteiger partial charge in [0.15, 0.2) is 0 Å². The zero-order chi connectivity index (χ0) is 14.5. The quantitative estimate of drug-likeness (QED) is 0.865. The van der Waals surface area contributed by atoms with Gasteiger partial charge in [0, 0.05) is 12.8 Å². The Morgan fingerprint density at radius 1 is 1.25 bits per heavy atom. The summed E-state index contributed by atoms with van der Waals surface area (Å²) in [6.07, 6.45) is 2.86. The maximum absolute atomic E-state index is 9.74. The highest BCUT2D eigenvalue weighted by Gasteiger charge is 2.29. The molecule has 1 aliphatic heterocycles. The fraction of sp³-hybridized carbons (Fsp3) is 0.375. The van der Waals surface area contributed by atoms with E-state index in [2.05, 4.69) is 13.2 Å². The first-order valence-electron chi connectivity index (χ1n) is 6.66. The summed E-state index contributed by atoms with van der Waals surface area (Å²) in [5.41, 5.74) is 1.90. The van der Waals surface area contributed by atoms with Crippen LogP contribution < -0.4 is 4.74 Å². The van der Waals surface area contributed by atoms with Crippen LogP contribution in [0.3, 0.4) is 0 Å². The van der Waals surface area contributed by atoms with Gasteiger partial charge < -0.3 is 19.7 Å². The molecule has 4 nitrogen and oxygen atoms in total. The molecule has 108 valence electrons. The van der Waals surface area contributed by atoms with Crippen LogP contribution in [0.25, 0.3) is 12.2 Å². The first kappa shape index (κ1) is 14.8. The van der Waals surface area contributed by atoms with Crippen molar-refractivity contribution in [3.05, 3.63) is 42.5 Å². The van der Waals surface area contributed by atoms with E-state index in [-0.39, 0.29) is 12.7 Å². The normalized spacial score (nSPS) is 26.0. The number of ether oxygens (including phenoxy) is 2. The lowest BCUT2D eigenvalue weighted by atomic mass is 10.1. The Balaban J connectivity index is 2.09. The third-order valence-corrected chi connectivity index (χ3v) is 3.31. The Labute approximate surface area is 119 Å². The first-order valence-corrected chi connectivity index (χ1v) is 6.66. The van der Waals surface area contributed by atoms with Crippen LogP contribution in [0.5, 0.6) is 5.75 Å². The molecule has 3 unspecified atom stereocenters. The van der Waals surface area contributed by atoms with Gasteiger partial charge >= 0.3 is 0 Å². The number of rotatable bonds is 5. The van der Waals surface area contributed by atoms with Gasteiger partial charge in [0.2, 0.25) is 6.29 Å². The van der Waals surface area contributed by atoms with Gasteiger partial charge in [-0.2, -0.15) is 0 Å². The minimum Gasteiger partial charge on any atom is -0.465 e. The highest BCUT2D eigenvalue weighted by Crippen LogP contribution is 2.25. The molecule has 1 fully saturated rings. The molecule has 0 aliphatic carbocycles. The predicted octanol–water partition coefficient (Wildman–Crippen LogP) is 2.21. The molecule has 0 bridgehead atoms. The molecule has 3 atom stereocenters. The Morgan fingerprint density at radius 2 is 2.00 bits per heavy atom. The lowest BCUT2D eigenvalue weighted by Gasteiger charge is -2.32. The number of aliphatic hydroxyl groups excluding tert-OH is 2. The van der Waals surface area contributed by atoms with Crippen LogP contribution in [0.15, 0.2) is 31.4 Å². The van der Waals surface area contributed by atoms with E-state index in [0.29, 0.717) is 18.6 Å². The van der Waals surface area contributed by atoms with Crippen molar-refractivity contribution in [1.82, 2.24) is 0 Å². The molecule has 0 radical (unpaired) electrons. The Morgan fingerprint density at radius 3 is 2.65 bits per heavy atom. The van der Waals surface area contributed by atoms with E-state index in [1.165, 1.54) is 0 Å². The summed E-state index contributed by atoms with van der Waals surface area (Å²) in [7, 11) is 0. The Kier molecular flexibility index (Phi) is 4.95. The van der Waals surface area contributed by atoms with Crippen LogP contribution in [0, 0.1) is 0 Å². The van der Waals surface area contributed by atoms with Crippen molar-refractivity contribution in [3.8, 4) is 5.75 Å². The van der Waals surface area contributed by atoms with E-state index in [9.17, 15) is 5.11 Å². The lowest BCUT2D eigenvalue weighted by molar-refractivity contribution is -0.184. The SMILES string of the molecule is C=Cc1ccc(OC2CC(O)CC(CO)O2)cc1C=C. The standard InChI is InChI=1S/C16H20O4/c1-3-11-5-6-14(7-12(11)4-2)19-16-9-13(18)8-15(10-17)20-16/h3-7,13,15-18H,1-2,8-10H2. The summed E-state index contributed by atoms with van der Waals surface area (Å²) in [5.74, 6) is 0.640. The zero-order valence-electron chi connectivity index (χ0n) is 11.4. The molecule has 1 aliphatic rings. The molecule has 0 aromatic heterocycles. The van der Waals surface area contributed by atoms with Gasteiger partial charge in [0.1, 0.15) is 5.75 Å². The van der Waals surface area contributed by atoms with Gasteiger partial charge in [-0.1, -0.05) is 31.4 Å². The smallest absolute Gasteiger partial charge is 0.202 e. The summed E-state index contributed by atoms with van der Waals surface area (Å²) >= 11 is 0. The Bertz CT molecular complexity index is 483. The van der Waals surface area contributed by atoms with E-state index in [1.54, 1.807) is 12.2 Å². The van der Waals surface area contributed by atoms with Crippen molar-refractivity contribution in [1.29, 1.82) is 0 Å². The maximum Gasteiger partial charge on any atom is 0.202 e. The van der Waals surface area contributed by atoms with Crippen LogP contribution in [0.1, 0.15) is 24.0 Å². The molecular formula is C16H20O4. The second-order valence-electron chi connectivity index (χ2n) is 4.81. The molecular weight excluding hydrogens is 256 g/mol. The minimum absolute atomic E-state index is 0.121. The molecule has 0 amide bonds. The van der Waals surface area contributed by atoms with Gasteiger partial charge in [-0.15, -0.1) is 0 Å². The third-order valence-electron chi connectivity index (χ3n) is 3.31. The minimum atomic E-state index is -0.553. The van der Waals surface area contributed by atoms with Crippen molar-refractivity contribution in [2.75, 3.05) is 6.61 Å². The van der Waals surface area contributed by atoms with Crippen LogP contribution in [-0.4, -0.2) is 35.3 Å². The molecule has 0 spiro atoms. The van der Waals surface area contributed by atoms with Crippen LogP contribution >= 0.6 is 0 Å². The van der Waals surface area contributed by atoms with Gasteiger partial charge in [-0.3, -0.25) is 0 Å². The fourth-order valence-corrected chi connectivity index (χ4v) is 2.28. The average Bonchev–Trinajstić information content (AvgIpc) is 2.46. The van der Waals surface area contributed by atoms with Crippen LogP contribution in [-0.2, 0) is 4.74 Å². The number of hydrogen-bond donors (Lipinski definition) is 2. The number of hydrogen-bond acceptors (Lipinski definition) is 4. The van der Waals surface area contributed by atoms with Crippen molar-refractivity contribution in [2.24, 2.45) is 0 Å². The summed E-state index contributed by atoms with van der Waals surface area (Å²) < 4.78 is 11.3. The monoisotopic (exact) mass is 276 g/mol. The second-order valence-corrected chi connectivity index (χ2v) is 4.81. The van der Waals surface area contributed by atoms with Gasteiger partial charge in [-0.25, -0.2) is 0 Å². The summed E-state index contributed by atoms with van der Waals surface area (Å²) in [5, 5.41) is 18.9. The van der Waals surface area contributed by atoms with Crippen molar-refractivity contribution >= 4 is 12.2 Å². The van der Waals surface area contributed by atoms with Crippen molar-refractivity contribution in [2.45, 2.75) is 31.3 Å². The highest BCUT2D eigenvalue weighted by molar-refractivity contribution is 5.65. The third kappa shape index (κ3) is 3.48. The van der Waals surface area contributed by atoms with Gasteiger partial charge in [0.05, 0.1) is 18.8 Å². The van der Waals surface area contributed by atoms with Crippen molar-refractivity contribution < 1.29 is 19.7 Å². The maximum atomic E-state index is 9.74. The molecule has 2 N–H and O–H groups in total. The summed E-state index contributed by atoms with van der Waals surface area (Å²) in [6.45, 7) is 7.38. The lowest BCUT2D eigenvalue weighted by Crippen LogP contribution is -2.40. The molecule has 0 saturated carbocycles. The van der Waals surface area contributed by atoms with Gasteiger partial charge in [-0.05, 0) is 23.3 Å². The molecule has 1 aromatic carbocycles. The Hall–Kier alpha value is -1.62. The highest BCUT2D eigenvalue weighted by atomic mass is 16.7. The van der Waals surface area contributed by atoms with E-state index >= 15 is 0 Å². The van der Waals surface area contributed by atoms with E-state index in [0.717, 1.165) is 11.1 Å². The van der Waals surface area contributed by atoms with Crippen molar-refractivity contribution in [3.63, 3.8) is 0 Å².